The second-order valence-electron chi connectivity index (χ2n) is 6.00. The predicted molar refractivity (Wildman–Crippen MR) is 99.2 cm³/mol. The van der Waals surface area contributed by atoms with E-state index in [0.29, 0.717) is 37.4 Å². The number of aromatic amines is 1. The van der Waals surface area contributed by atoms with Gasteiger partial charge in [-0.05, 0) is 49.7 Å². The highest BCUT2D eigenvalue weighted by molar-refractivity contribution is 5.97. The molecule has 2 heterocycles. The number of benzene rings is 1. The molecule has 136 valence electrons. The Morgan fingerprint density at radius 2 is 2.15 bits per heavy atom. The highest BCUT2D eigenvalue weighted by Crippen LogP contribution is 2.13. The molecule has 2 N–H and O–H groups in total. The maximum absolute atomic E-state index is 12.4. The quantitative estimate of drug-likeness (QED) is 0.635. The van der Waals surface area contributed by atoms with E-state index in [-0.39, 0.29) is 11.6 Å². The number of pyridine rings is 1. The first kappa shape index (κ1) is 17.9. The zero-order chi connectivity index (χ0) is 18.5. The zero-order valence-electron chi connectivity index (χ0n) is 14.9. The van der Waals surface area contributed by atoms with Crippen molar-refractivity contribution in [2.45, 2.75) is 26.9 Å². The molecule has 1 aromatic carbocycles. The van der Waals surface area contributed by atoms with Gasteiger partial charge in [-0.25, -0.2) is 4.79 Å². The van der Waals surface area contributed by atoms with E-state index >= 15 is 0 Å². The van der Waals surface area contributed by atoms with E-state index < -0.39 is 0 Å². The fourth-order valence-corrected chi connectivity index (χ4v) is 2.83. The topological polar surface area (TPSA) is 89.0 Å². The van der Waals surface area contributed by atoms with Gasteiger partial charge in [-0.15, -0.1) is 0 Å². The fourth-order valence-electron chi connectivity index (χ4n) is 2.83. The summed E-state index contributed by atoms with van der Waals surface area (Å²) in [5, 5.41) is 2.88. The van der Waals surface area contributed by atoms with Crippen molar-refractivity contribution >= 4 is 16.9 Å². The Kier molecular flexibility index (Phi) is 5.48. The maximum atomic E-state index is 12.4. The number of aryl methyl sites for hydroxylation is 1. The molecule has 1 amide bonds. The molecule has 0 radical (unpaired) electrons. The van der Waals surface area contributed by atoms with Crippen molar-refractivity contribution in [1.82, 2.24) is 19.9 Å². The van der Waals surface area contributed by atoms with Crippen molar-refractivity contribution in [3.05, 3.63) is 63.8 Å². The van der Waals surface area contributed by atoms with Gasteiger partial charge in [0.05, 0.1) is 24.2 Å². The van der Waals surface area contributed by atoms with Gasteiger partial charge in [0.15, 0.2) is 0 Å². The van der Waals surface area contributed by atoms with Crippen molar-refractivity contribution in [2.75, 3.05) is 13.2 Å². The van der Waals surface area contributed by atoms with Gasteiger partial charge in [0.25, 0.3) is 5.91 Å². The summed E-state index contributed by atoms with van der Waals surface area (Å²) < 4.78 is 6.93. The Morgan fingerprint density at radius 1 is 1.31 bits per heavy atom. The summed E-state index contributed by atoms with van der Waals surface area (Å²) in [7, 11) is 0. The lowest BCUT2D eigenvalue weighted by Crippen LogP contribution is -2.22. The fraction of sp³-hybridized carbons (Fsp3) is 0.316. The molecule has 7 heteroatoms. The third kappa shape index (κ3) is 4.00. The number of imidazole rings is 1. The van der Waals surface area contributed by atoms with Gasteiger partial charge in [0.1, 0.15) is 0 Å². The Morgan fingerprint density at radius 3 is 2.92 bits per heavy atom. The van der Waals surface area contributed by atoms with Gasteiger partial charge in [-0.1, -0.05) is 0 Å². The molecule has 3 aromatic rings. The van der Waals surface area contributed by atoms with Crippen LogP contribution in [-0.4, -0.2) is 33.7 Å². The van der Waals surface area contributed by atoms with Crippen molar-refractivity contribution in [2.24, 2.45) is 0 Å². The average molecular weight is 354 g/mol. The predicted octanol–water partition coefficient (Wildman–Crippen LogP) is 2.00. The number of carbonyl (C=O) groups excluding carboxylic acids is 1. The van der Waals surface area contributed by atoms with Crippen LogP contribution in [0.1, 0.15) is 28.5 Å². The van der Waals surface area contributed by atoms with Crippen LogP contribution in [0.5, 0.6) is 0 Å². The molecule has 0 saturated carbocycles. The maximum Gasteiger partial charge on any atom is 0.326 e. The van der Waals surface area contributed by atoms with Gasteiger partial charge in [0.2, 0.25) is 0 Å². The molecule has 0 saturated heterocycles. The van der Waals surface area contributed by atoms with Crippen LogP contribution in [0.2, 0.25) is 0 Å². The smallest absolute Gasteiger partial charge is 0.326 e. The number of fused-ring (bicyclic) bond motifs is 1. The number of aromatic nitrogens is 3. The first-order valence-electron chi connectivity index (χ1n) is 8.58. The van der Waals surface area contributed by atoms with Crippen molar-refractivity contribution in [1.29, 1.82) is 0 Å². The number of hydrogen-bond acceptors (Lipinski definition) is 4. The first-order chi connectivity index (χ1) is 12.6. The van der Waals surface area contributed by atoms with Gasteiger partial charge >= 0.3 is 5.69 Å². The molecule has 26 heavy (non-hydrogen) atoms. The molecule has 0 bridgehead atoms. The molecular formula is C19H22N4O3. The normalized spacial score (nSPS) is 11.0. The number of ether oxygens (including phenoxy) is 1. The van der Waals surface area contributed by atoms with E-state index in [1.54, 1.807) is 29.0 Å². The number of nitrogens with one attached hydrogen (secondary N) is 2. The SMILES string of the molecule is CCOCCn1c(=O)[nH]c2cc(C(=O)NCc3ccnc(C)c3)ccc21. The Labute approximate surface area is 151 Å². The summed E-state index contributed by atoms with van der Waals surface area (Å²) in [6, 6.07) is 9.00. The number of H-pyrrole nitrogens is 1. The molecule has 7 nitrogen and oxygen atoms in total. The number of rotatable bonds is 7. The highest BCUT2D eigenvalue weighted by Gasteiger charge is 2.11. The molecule has 0 spiro atoms. The average Bonchev–Trinajstić information content (AvgIpc) is 2.94. The van der Waals surface area contributed by atoms with E-state index in [1.165, 1.54) is 0 Å². The Bertz CT molecular complexity index is 974. The van der Waals surface area contributed by atoms with Crippen LogP contribution in [-0.2, 0) is 17.8 Å². The third-order valence-corrected chi connectivity index (χ3v) is 4.11. The van der Waals surface area contributed by atoms with Gasteiger partial charge in [0, 0.05) is 30.6 Å². The van der Waals surface area contributed by atoms with Crippen LogP contribution < -0.4 is 11.0 Å². The number of hydrogen-bond donors (Lipinski definition) is 2. The number of nitrogens with zero attached hydrogens (tertiary/aromatic N) is 2. The molecule has 3 rings (SSSR count). The van der Waals surface area contributed by atoms with Crippen molar-refractivity contribution in [3.63, 3.8) is 0 Å². The van der Waals surface area contributed by atoms with E-state index in [0.717, 1.165) is 16.8 Å². The van der Waals surface area contributed by atoms with Crippen LogP contribution in [0.15, 0.2) is 41.3 Å². The molecule has 0 fully saturated rings. The Hall–Kier alpha value is -2.93. The summed E-state index contributed by atoms with van der Waals surface area (Å²) in [5.74, 6) is -0.190. The van der Waals surface area contributed by atoms with E-state index in [9.17, 15) is 9.59 Å². The van der Waals surface area contributed by atoms with Gasteiger partial charge in [-0.2, -0.15) is 0 Å². The van der Waals surface area contributed by atoms with Crippen molar-refractivity contribution < 1.29 is 9.53 Å². The minimum atomic E-state index is -0.204. The summed E-state index contributed by atoms with van der Waals surface area (Å²) in [5.41, 5.74) is 3.59. The molecule has 0 atom stereocenters. The van der Waals surface area contributed by atoms with Crippen LogP contribution in [0.3, 0.4) is 0 Å². The molecular weight excluding hydrogens is 332 g/mol. The lowest BCUT2D eigenvalue weighted by atomic mass is 10.1. The number of amides is 1. The summed E-state index contributed by atoms with van der Waals surface area (Å²) in [4.78, 5) is 31.4. The lowest BCUT2D eigenvalue weighted by Gasteiger charge is -2.07. The zero-order valence-corrected chi connectivity index (χ0v) is 14.9. The van der Waals surface area contributed by atoms with Gasteiger partial charge < -0.3 is 15.0 Å². The largest absolute Gasteiger partial charge is 0.380 e. The Balaban J connectivity index is 1.74. The summed E-state index contributed by atoms with van der Waals surface area (Å²) in [6.07, 6.45) is 1.72. The molecule has 0 aliphatic rings. The molecule has 2 aromatic heterocycles. The number of carbonyl (C=O) groups is 1. The van der Waals surface area contributed by atoms with E-state index in [1.807, 2.05) is 26.0 Å². The van der Waals surface area contributed by atoms with Crippen LogP contribution in [0.25, 0.3) is 11.0 Å². The monoisotopic (exact) mass is 354 g/mol. The second-order valence-corrected chi connectivity index (χ2v) is 6.00. The molecule has 0 aliphatic carbocycles. The van der Waals surface area contributed by atoms with Gasteiger partial charge in [-0.3, -0.25) is 14.3 Å². The second kappa shape index (κ2) is 7.97. The summed E-state index contributed by atoms with van der Waals surface area (Å²) in [6.45, 7) is 5.79. The molecule has 0 unspecified atom stereocenters. The van der Waals surface area contributed by atoms with Crippen LogP contribution >= 0.6 is 0 Å². The third-order valence-electron chi connectivity index (χ3n) is 4.11. The van der Waals surface area contributed by atoms with Crippen LogP contribution in [0, 0.1) is 6.92 Å². The minimum Gasteiger partial charge on any atom is -0.380 e. The minimum absolute atomic E-state index is 0.190. The van der Waals surface area contributed by atoms with E-state index in [4.69, 9.17) is 4.74 Å². The van der Waals surface area contributed by atoms with Crippen molar-refractivity contribution in [3.8, 4) is 0 Å². The standard InChI is InChI=1S/C19H22N4O3/c1-3-26-9-8-23-17-5-4-15(11-16(17)22-19(23)25)18(24)21-12-14-6-7-20-13(2)10-14/h4-7,10-11H,3,8-9,12H2,1-2H3,(H,21,24)(H,22,25). The highest BCUT2D eigenvalue weighted by atomic mass is 16.5. The molecule has 0 aliphatic heterocycles. The van der Waals surface area contributed by atoms with E-state index in [2.05, 4.69) is 15.3 Å². The lowest BCUT2D eigenvalue weighted by molar-refractivity contribution is 0.0951. The van der Waals surface area contributed by atoms with Crippen LogP contribution in [0.4, 0.5) is 0 Å². The first-order valence-corrected chi connectivity index (χ1v) is 8.58. The summed E-state index contributed by atoms with van der Waals surface area (Å²) >= 11 is 0.